The van der Waals surface area contributed by atoms with Gasteiger partial charge in [0.15, 0.2) is 7.14 Å². The fourth-order valence-electron chi connectivity index (χ4n) is 16.2. The van der Waals surface area contributed by atoms with Crippen LogP contribution in [0, 0.1) is 56.4 Å². The van der Waals surface area contributed by atoms with Crippen LogP contribution in [0.15, 0.2) is 392 Å². The first-order valence-electron chi connectivity index (χ1n) is 41.2. The minimum Gasteiger partial charge on any atom is -0.510 e. The summed E-state index contributed by atoms with van der Waals surface area (Å²) in [5.41, 5.74) is 20.8. The van der Waals surface area contributed by atoms with E-state index in [2.05, 4.69) is 222 Å². The third-order valence-corrected chi connectivity index (χ3v) is 27.2. The minimum absolute atomic E-state index is 0. The Morgan fingerprint density at radius 1 is 0.411 bits per heavy atom. The van der Waals surface area contributed by atoms with E-state index in [1.54, 1.807) is 47.7 Å². The molecule has 1 atom stereocenters. The zero-order valence-electron chi connectivity index (χ0n) is 71.4. The number of nitrogens with zero attached hydrogens (tertiary/aromatic N) is 12. The SMILES string of the molecule is CN1C=CN(c2[c-]cc(-c3ccc4c(c3)P(=O)(c3ccccc3)c3ccccc3-4)cc2)[CH-]1.CN1C=CN(c2[c-]cc(-c3ccc4c(c3)S(=O)(=O)c3ccccc3-4)cc2)[CH-]1.CN1[CH-]N(c2[c-]cc(-c3ccc4c5ccccc5n(C(C)(C)C)c4c3)cc2)c2ccccc21.Cn1ccnc1-c1[c-]cccc1.[Ir+3].[Ir+3].[Ir+3].[c-]1ccccc1-c1ncco1.[c-]1ccccc1-n1cccn1. The molecular formula is C108H86Ir3N12O4PS. The molecule has 16 nitrogen and oxygen atoms in total. The van der Waals surface area contributed by atoms with Gasteiger partial charge >= 0.3 is 60.3 Å². The molecule has 0 N–H and O–H groups in total. The van der Waals surface area contributed by atoms with E-state index in [9.17, 15) is 13.0 Å². The van der Waals surface area contributed by atoms with Crippen molar-refractivity contribution in [1.29, 1.82) is 0 Å². The second kappa shape index (κ2) is 39.7. The Morgan fingerprint density at radius 2 is 0.953 bits per heavy atom. The Bertz CT molecular complexity index is 7050. The van der Waals surface area contributed by atoms with Gasteiger partial charge in [-0.2, -0.15) is 104 Å². The number of oxazole rings is 1. The van der Waals surface area contributed by atoms with Crippen LogP contribution < -0.4 is 35.5 Å². The zero-order chi connectivity index (χ0) is 86.5. The van der Waals surface area contributed by atoms with Gasteiger partial charge in [0.05, 0.1) is 28.1 Å². The molecule has 1 unspecified atom stereocenters. The van der Waals surface area contributed by atoms with E-state index in [0.29, 0.717) is 15.7 Å². The molecule has 0 saturated heterocycles. The van der Waals surface area contributed by atoms with Crippen LogP contribution in [-0.4, -0.2) is 68.2 Å². The minimum atomic E-state index is -3.46. The first-order chi connectivity index (χ1) is 61.4. The van der Waals surface area contributed by atoms with E-state index in [1.807, 2.05) is 272 Å². The zero-order valence-corrected chi connectivity index (χ0v) is 80.3. The van der Waals surface area contributed by atoms with E-state index in [-0.39, 0.29) is 65.9 Å². The van der Waals surface area contributed by atoms with Gasteiger partial charge in [-0.05, 0) is 126 Å². The van der Waals surface area contributed by atoms with Crippen LogP contribution in [0.2, 0.25) is 0 Å². The average molecular weight is 2260 g/mol. The molecule has 0 fully saturated rings. The van der Waals surface area contributed by atoms with Gasteiger partial charge in [-0.1, -0.05) is 168 Å². The van der Waals surface area contributed by atoms with Gasteiger partial charge in [-0.25, -0.2) is 8.42 Å². The summed E-state index contributed by atoms with van der Waals surface area (Å²) in [4.78, 5) is 21.3. The van der Waals surface area contributed by atoms with E-state index in [0.717, 1.165) is 100 Å². The summed E-state index contributed by atoms with van der Waals surface area (Å²) in [6.07, 6.45) is 18.5. The standard InChI is InChI=1S/C30H27N3.C28H21N2OP.C22H16N2O2S.C10H9N2.C9H7N2.C9H6NO.3Ir/c1-30(2,3)33-26-10-6-5-9-24(26)25-18-15-22(19-29(25)33)21-13-16-23(17-14-21)32-20-31(4)27-11-7-8-12-28(27)32;1-29-17-18-30(20-29)23-14-11-21(12-15-23)22-13-16-26-25-9-5-6-10-27(25)32(31,28(26)19-22)24-7-3-2-4-8-24;1-23-12-13-24(15-23)18-9-6-16(7-10-18)17-8-11-20-19-4-2-3-5-21(19)27(25,26)22(20)14-17;1-12-8-7-11-10(12)9-5-3-2-4-6-9;1-2-5-9(6-3-1)11-8-4-7-10-11;1-2-4-8(5-3-1)9-10-6-7-11-9;;;/h5-16,18-20H,1-4H3;2-14,16-20H,1H3;2-9,11-15H,1H3;2-5,7-8H,1H3;1-5,7-8H;1-4,6-7H;;;/q3*-2;3*-1;3*+3. The molecule has 21 heteroatoms. The van der Waals surface area contributed by atoms with Gasteiger partial charge in [0.25, 0.3) is 0 Å². The average Bonchev–Trinajstić information content (AvgIpc) is 1.57. The number of anilines is 5. The number of hydrogen-bond acceptors (Lipinski definition) is 13. The van der Waals surface area contributed by atoms with Gasteiger partial charge in [-0.3, -0.25) is 14.6 Å². The smallest absolute Gasteiger partial charge is 0.510 e. The number of aryl methyl sites for hydroxylation is 1. The molecule has 640 valence electrons. The first-order valence-corrected chi connectivity index (χ1v) is 44.4. The van der Waals surface area contributed by atoms with Crippen molar-refractivity contribution >= 4 is 83.1 Å². The van der Waals surface area contributed by atoms with Crippen LogP contribution in [0.1, 0.15) is 20.8 Å². The van der Waals surface area contributed by atoms with Crippen molar-refractivity contribution in [3.05, 3.63) is 434 Å². The van der Waals surface area contributed by atoms with Crippen molar-refractivity contribution in [2.45, 2.75) is 36.1 Å². The molecule has 0 bridgehead atoms. The third kappa shape index (κ3) is 19.0. The Kier molecular flexibility index (Phi) is 27.9. The number of benzene rings is 14. The van der Waals surface area contributed by atoms with Crippen molar-refractivity contribution in [3.8, 4) is 84.2 Å². The normalized spacial score (nSPS) is 14.2. The van der Waals surface area contributed by atoms with Gasteiger partial charge in [0.1, 0.15) is 5.89 Å². The predicted molar refractivity (Wildman–Crippen MR) is 509 cm³/mol. The van der Waals surface area contributed by atoms with Crippen molar-refractivity contribution in [2.75, 3.05) is 40.7 Å². The Labute approximate surface area is 794 Å². The van der Waals surface area contributed by atoms with Gasteiger partial charge < -0.3 is 47.5 Å². The summed E-state index contributed by atoms with van der Waals surface area (Å²) < 4.78 is 51.7. The van der Waals surface area contributed by atoms with E-state index >= 15 is 0 Å². The number of sulfone groups is 1. The fourth-order valence-corrected chi connectivity index (χ4v) is 21.0. The van der Waals surface area contributed by atoms with Crippen LogP contribution in [0.4, 0.5) is 28.4 Å². The van der Waals surface area contributed by atoms with Crippen molar-refractivity contribution in [1.82, 2.24) is 38.7 Å². The molecule has 0 amide bonds. The fraction of sp³-hybridized carbons (Fsp3) is 0.0741. The molecule has 5 aliphatic heterocycles. The molecule has 9 heterocycles. The second-order valence-corrected chi connectivity index (χ2v) is 36.1. The summed E-state index contributed by atoms with van der Waals surface area (Å²) in [5, 5.41) is 9.41. The molecule has 0 radical (unpaired) electrons. The van der Waals surface area contributed by atoms with Crippen molar-refractivity contribution in [3.63, 3.8) is 0 Å². The van der Waals surface area contributed by atoms with Crippen molar-refractivity contribution in [2.24, 2.45) is 7.05 Å². The Morgan fingerprint density at radius 3 is 1.54 bits per heavy atom. The molecule has 14 aromatic carbocycles. The second-order valence-electron chi connectivity index (χ2n) is 31.6. The van der Waals surface area contributed by atoms with Crippen LogP contribution >= 0.6 is 7.14 Å². The Balaban J connectivity index is 0.000000125. The summed E-state index contributed by atoms with van der Waals surface area (Å²) in [5.74, 6) is 1.57. The van der Waals surface area contributed by atoms with Crippen LogP contribution in [-0.2, 0) is 87.3 Å². The van der Waals surface area contributed by atoms with E-state index < -0.39 is 17.0 Å². The van der Waals surface area contributed by atoms with Gasteiger partial charge in [0, 0.05) is 97.6 Å². The largest absolute Gasteiger partial charge is 3.00 e. The topological polar surface area (TPSA) is 137 Å². The van der Waals surface area contributed by atoms with Crippen LogP contribution in [0.25, 0.3) is 106 Å². The Hall–Kier alpha value is -13.1. The molecular weight excluding hydrogens is 2170 g/mol. The molecule has 5 aliphatic rings. The molecule has 129 heavy (non-hydrogen) atoms. The summed E-state index contributed by atoms with van der Waals surface area (Å²) in [6, 6.07) is 124. The van der Waals surface area contributed by atoms with E-state index in [1.165, 1.54) is 44.3 Å². The van der Waals surface area contributed by atoms with Gasteiger partial charge in [0.2, 0.25) is 9.84 Å². The summed E-state index contributed by atoms with van der Waals surface area (Å²) in [6.45, 7) is 12.9. The molecule has 0 saturated carbocycles. The summed E-state index contributed by atoms with van der Waals surface area (Å²) >= 11 is 0. The van der Waals surface area contributed by atoms with E-state index in [4.69, 9.17) is 4.42 Å². The number of rotatable bonds is 10. The number of aromatic nitrogens is 6. The third-order valence-electron chi connectivity index (χ3n) is 22.2. The predicted octanol–water partition coefficient (Wildman–Crippen LogP) is 22.8. The quantitative estimate of drug-likeness (QED) is 0.0949. The molecule has 18 aromatic rings. The maximum absolute atomic E-state index is 14.7. The van der Waals surface area contributed by atoms with Crippen LogP contribution in [0.5, 0.6) is 0 Å². The number of para-hydroxylation sites is 4. The molecule has 4 aromatic heterocycles. The monoisotopic (exact) mass is 2260 g/mol. The maximum atomic E-state index is 14.7. The first kappa shape index (κ1) is 90.7. The molecule has 23 rings (SSSR count). The molecule has 0 spiro atoms. The molecule has 0 aliphatic carbocycles. The van der Waals surface area contributed by atoms with Crippen molar-refractivity contribution < 1.29 is 77.7 Å². The summed E-state index contributed by atoms with van der Waals surface area (Å²) in [7, 11) is 1.64. The maximum Gasteiger partial charge on any atom is 3.00 e. The number of fused-ring (bicyclic) bond motifs is 10. The number of imidazole rings is 1. The number of hydrogen-bond donors (Lipinski definition) is 0. The van der Waals surface area contributed by atoms with Gasteiger partial charge in [-0.15, -0.1) is 124 Å². The van der Waals surface area contributed by atoms with Crippen LogP contribution in [0.3, 0.4) is 0 Å².